The van der Waals surface area contributed by atoms with Crippen LogP contribution in [-0.4, -0.2) is 34.7 Å². The zero-order valence-corrected chi connectivity index (χ0v) is 8.84. The third-order valence-corrected chi connectivity index (χ3v) is 2.35. The number of rotatable bonds is 2. The van der Waals surface area contributed by atoms with Crippen LogP contribution in [0.3, 0.4) is 0 Å². The molecule has 1 amide bonds. The van der Waals surface area contributed by atoms with Crippen molar-refractivity contribution in [1.82, 2.24) is 20.2 Å². The summed E-state index contributed by atoms with van der Waals surface area (Å²) in [6.07, 6.45) is -2.93. The second-order valence-electron chi connectivity index (χ2n) is 3.71. The Morgan fingerprint density at radius 1 is 1.59 bits per heavy atom. The molecule has 1 aliphatic rings. The summed E-state index contributed by atoms with van der Waals surface area (Å²) in [6.45, 7) is 0.598. The topological polar surface area (TPSA) is 59.0 Å². The van der Waals surface area contributed by atoms with Gasteiger partial charge in [-0.15, -0.1) is 0 Å². The number of imidazole rings is 1. The molecule has 1 aliphatic heterocycles. The maximum absolute atomic E-state index is 11.9. The number of hydrogen-bond donors (Lipinski definition) is 2. The van der Waals surface area contributed by atoms with E-state index >= 15 is 0 Å². The molecule has 2 rings (SSSR count). The summed E-state index contributed by atoms with van der Waals surface area (Å²) >= 11 is 0. The zero-order valence-electron chi connectivity index (χ0n) is 8.84. The lowest BCUT2D eigenvalue weighted by atomic mass is 10.4. The van der Waals surface area contributed by atoms with E-state index in [1.807, 2.05) is 0 Å². The Bertz CT molecular complexity index is 403. The molecule has 0 aliphatic carbocycles. The molecule has 0 bridgehead atoms. The van der Waals surface area contributed by atoms with Crippen molar-refractivity contribution in [3.05, 3.63) is 17.7 Å². The van der Waals surface area contributed by atoms with E-state index < -0.39 is 18.6 Å². The zero-order chi connectivity index (χ0) is 12.5. The van der Waals surface area contributed by atoms with Gasteiger partial charge in [-0.2, -0.15) is 13.2 Å². The summed E-state index contributed by atoms with van der Waals surface area (Å²) in [5.74, 6) is -0.141. The van der Waals surface area contributed by atoms with Gasteiger partial charge in [0.25, 0.3) is 5.91 Å². The Hall–Kier alpha value is -1.57. The smallest absolute Gasteiger partial charge is 0.342 e. The highest BCUT2D eigenvalue weighted by Crippen LogP contribution is 2.13. The minimum atomic E-state index is -4.41. The van der Waals surface area contributed by atoms with Crippen LogP contribution in [0.1, 0.15) is 16.3 Å². The molecule has 0 atom stereocenters. The van der Waals surface area contributed by atoms with Gasteiger partial charge in [-0.3, -0.25) is 4.79 Å². The van der Waals surface area contributed by atoms with Crippen molar-refractivity contribution in [2.45, 2.75) is 19.3 Å². The quantitative estimate of drug-likeness (QED) is 0.790. The lowest BCUT2D eigenvalue weighted by Crippen LogP contribution is -2.33. The predicted octanol–water partition coefficient (Wildman–Crippen LogP) is 0.278. The molecular weight excluding hydrogens is 237 g/mol. The fourth-order valence-electron chi connectivity index (χ4n) is 1.57. The first-order valence-corrected chi connectivity index (χ1v) is 5.07. The van der Waals surface area contributed by atoms with Crippen LogP contribution >= 0.6 is 0 Å². The van der Waals surface area contributed by atoms with Gasteiger partial charge in [0.1, 0.15) is 18.1 Å². The molecule has 94 valence electrons. The van der Waals surface area contributed by atoms with Gasteiger partial charge in [0, 0.05) is 19.3 Å². The van der Waals surface area contributed by atoms with E-state index in [1.54, 1.807) is 9.88 Å². The molecule has 1 aromatic rings. The van der Waals surface area contributed by atoms with Crippen molar-refractivity contribution in [2.24, 2.45) is 0 Å². The Kier molecular flexibility index (Phi) is 3.05. The van der Waals surface area contributed by atoms with Crippen LogP contribution in [0.25, 0.3) is 0 Å². The predicted molar refractivity (Wildman–Crippen MR) is 52.3 cm³/mol. The van der Waals surface area contributed by atoms with Gasteiger partial charge in [0.05, 0.1) is 6.54 Å². The SMILES string of the molecule is O=C(NCC(F)(F)F)c1cn2c(n1)CNCC2. The number of carbonyl (C=O) groups excluding carboxylic acids is 1. The van der Waals surface area contributed by atoms with Crippen molar-refractivity contribution in [2.75, 3.05) is 13.1 Å². The number of halogens is 3. The van der Waals surface area contributed by atoms with Crippen LogP contribution in [0, 0.1) is 0 Å². The number of amides is 1. The number of hydrogen-bond acceptors (Lipinski definition) is 3. The molecule has 1 aromatic heterocycles. The number of nitrogens with zero attached hydrogens (tertiary/aromatic N) is 2. The molecular formula is C9H11F3N4O. The Labute approximate surface area is 95.0 Å². The third kappa shape index (κ3) is 2.96. The van der Waals surface area contributed by atoms with Crippen LogP contribution < -0.4 is 10.6 Å². The maximum Gasteiger partial charge on any atom is 0.405 e. The van der Waals surface area contributed by atoms with E-state index in [-0.39, 0.29) is 5.69 Å². The van der Waals surface area contributed by atoms with E-state index in [0.29, 0.717) is 18.9 Å². The highest BCUT2D eigenvalue weighted by molar-refractivity contribution is 5.92. The molecule has 0 aromatic carbocycles. The van der Waals surface area contributed by atoms with Crippen LogP contribution in [0.5, 0.6) is 0 Å². The second kappa shape index (κ2) is 4.36. The summed E-state index contributed by atoms with van der Waals surface area (Å²) < 4.78 is 37.5. The van der Waals surface area contributed by atoms with E-state index in [2.05, 4.69) is 10.3 Å². The van der Waals surface area contributed by atoms with Gasteiger partial charge in [-0.1, -0.05) is 0 Å². The number of fused-ring (bicyclic) bond motifs is 1. The van der Waals surface area contributed by atoms with Crippen LogP contribution in [0.15, 0.2) is 6.20 Å². The molecule has 2 heterocycles. The van der Waals surface area contributed by atoms with Gasteiger partial charge < -0.3 is 15.2 Å². The highest BCUT2D eigenvalue weighted by atomic mass is 19.4. The Morgan fingerprint density at radius 3 is 3.00 bits per heavy atom. The third-order valence-electron chi connectivity index (χ3n) is 2.35. The second-order valence-corrected chi connectivity index (χ2v) is 3.71. The van der Waals surface area contributed by atoms with E-state index in [0.717, 1.165) is 6.54 Å². The Balaban J connectivity index is 2.02. The van der Waals surface area contributed by atoms with Gasteiger partial charge in [0.2, 0.25) is 0 Å². The molecule has 0 saturated carbocycles. The molecule has 0 spiro atoms. The van der Waals surface area contributed by atoms with Crippen LogP contribution in [0.4, 0.5) is 13.2 Å². The van der Waals surface area contributed by atoms with E-state index in [9.17, 15) is 18.0 Å². The van der Waals surface area contributed by atoms with E-state index in [1.165, 1.54) is 6.20 Å². The summed E-state index contributed by atoms with van der Waals surface area (Å²) in [5, 5.41) is 4.84. The van der Waals surface area contributed by atoms with E-state index in [4.69, 9.17) is 0 Å². The lowest BCUT2D eigenvalue weighted by molar-refractivity contribution is -0.123. The van der Waals surface area contributed by atoms with Gasteiger partial charge in [-0.25, -0.2) is 4.98 Å². The largest absolute Gasteiger partial charge is 0.405 e. The monoisotopic (exact) mass is 248 g/mol. The summed E-state index contributed by atoms with van der Waals surface area (Å²) in [5.41, 5.74) is 0.0213. The van der Waals surface area contributed by atoms with Gasteiger partial charge >= 0.3 is 6.18 Å². The lowest BCUT2D eigenvalue weighted by Gasteiger charge is -2.13. The summed E-state index contributed by atoms with van der Waals surface area (Å²) in [4.78, 5) is 15.4. The average Bonchev–Trinajstić information content (AvgIpc) is 2.68. The van der Waals surface area contributed by atoms with Crippen molar-refractivity contribution in [3.63, 3.8) is 0 Å². The maximum atomic E-state index is 11.9. The number of aromatic nitrogens is 2. The molecule has 2 N–H and O–H groups in total. The summed E-state index contributed by atoms with van der Waals surface area (Å²) in [7, 11) is 0. The van der Waals surface area contributed by atoms with Crippen LogP contribution in [0.2, 0.25) is 0 Å². The van der Waals surface area contributed by atoms with Crippen molar-refractivity contribution >= 4 is 5.91 Å². The van der Waals surface area contributed by atoms with Gasteiger partial charge in [0.15, 0.2) is 0 Å². The first-order chi connectivity index (χ1) is 7.96. The molecule has 0 saturated heterocycles. The van der Waals surface area contributed by atoms with Gasteiger partial charge in [-0.05, 0) is 0 Å². The molecule has 17 heavy (non-hydrogen) atoms. The number of carbonyl (C=O) groups is 1. The highest BCUT2D eigenvalue weighted by Gasteiger charge is 2.28. The first-order valence-electron chi connectivity index (χ1n) is 5.07. The summed E-state index contributed by atoms with van der Waals surface area (Å²) in [6, 6.07) is 0. The van der Waals surface area contributed by atoms with Crippen LogP contribution in [-0.2, 0) is 13.1 Å². The van der Waals surface area contributed by atoms with Crippen molar-refractivity contribution < 1.29 is 18.0 Å². The fraction of sp³-hybridized carbons (Fsp3) is 0.556. The number of alkyl halides is 3. The molecule has 5 nitrogen and oxygen atoms in total. The molecule has 0 radical (unpaired) electrons. The average molecular weight is 248 g/mol. The fourth-order valence-corrected chi connectivity index (χ4v) is 1.57. The minimum Gasteiger partial charge on any atom is -0.342 e. The Morgan fingerprint density at radius 2 is 2.35 bits per heavy atom. The number of nitrogens with one attached hydrogen (secondary N) is 2. The van der Waals surface area contributed by atoms with Crippen molar-refractivity contribution in [1.29, 1.82) is 0 Å². The standard InChI is InChI=1S/C9H11F3N4O/c10-9(11,12)5-14-8(17)6-4-16-2-1-13-3-7(16)15-6/h4,13H,1-3,5H2,(H,14,17). The molecule has 0 fully saturated rings. The van der Waals surface area contributed by atoms with Crippen molar-refractivity contribution in [3.8, 4) is 0 Å². The molecule has 0 unspecified atom stereocenters. The normalized spacial score (nSPS) is 15.5. The first kappa shape index (κ1) is 11.9. The molecule has 8 heteroatoms. The minimum absolute atomic E-state index is 0.0213.